The van der Waals surface area contributed by atoms with E-state index < -0.39 is 17.7 Å². The van der Waals surface area contributed by atoms with Crippen LogP contribution in [0.2, 0.25) is 0 Å². The van der Waals surface area contributed by atoms with Crippen LogP contribution in [0.1, 0.15) is 43.7 Å². The zero-order valence-electron chi connectivity index (χ0n) is 15.3. The van der Waals surface area contributed by atoms with Crippen LogP contribution in [0.3, 0.4) is 0 Å². The van der Waals surface area contributed by atoms with Gasteiger partial charge in [0.25, 0.3) is 0 Å². The summed E-state index contributed by atoms with van der Waals surface area (Å²) >= 11 is 0. The predicted octanol–water partition coefficient (Wildman–Crippen LogP) is 3.99. The number of carbonyl (C=O) groups excluding carboxylic acids is 1. The molecule has 0 bridgehead atoms. The Bertz CT molecular complexity index is 706. The molecule has 148 valence electrons. The largest absolute Gasteiger partial charge is 0.481 e. The van der Waals surface area contributed by atoms with Crippen LogP contribution in [-0.2, 0) is 22.2 Å². The number of amides is 1. The van der Waals surface area contributed by atoms with Gasteiger partial charge in [-0.2, -0.15) is 13.2 Å². The minimum atomic E-state index is -4.36. The molecular formula is C20H24F3NO3. The van der Waals surface area contributed by atoms with E-state index in [9.17, 15) is 22.8 Å². The number of rotatable bonds is 5. The van der Waals surface area contributed by atoms with Gasteiger partial charge in [-0.15, -0.1) is 0 Å². The van der Waals surface area contributed by atoms with Gasteiger partial charge >= 0.3 is 12.1 Å². The first kappa shape index (κ1) is 19.7. The molecule has 1 saturated heterocycles. The van der Waals surface area contributed by atoms with E-state index in [0.717, 1.165) is 12.1 Å². The number of hydrogen-bond acceptors (Lipinski definition) is 2. The number of hydrogen-bond donors (Lipinski definition) is 1. The summed E-state index contributed by atoms with van der Waals surface area (Å²) in [5.74, 6) is -1.28. The van der Waals surface area contributed by atoms with E-state index in [2.05, 4.69) is 0 Å². The van der Waals surface area contributed by atoms with Gasteiger partial charge in [-0.25, -0.2) is 0 Å². The molecule has 1 spiro atoms. The molecule has 0 radical (unpaired) electrons. The fourth-order valence-electron chi connectivity index (χ4n) is 4.20. The SMILES string of the molecule is CCC(Cc1ccc(C(F)(F)F)cc1)C(=O)N1CCC2(CC1)CC2C(=O)O. The van der Waals surface area contributed by atoms with Crippen molar-refractivity contribution in [2.24, 2.45) is 17.3 Å². The minimum Gasteiger partial charge on any atom is -0.481 e. The Labute approximate surface area is 156 Å². The van der Waals surface area contributed by atoms with Crippen LogP contribution in [0, 0.1) is 17.3 Å². The van der Waals surface area contributed by atoms with Crippen LogP contribution in [-0.4, -0.2) is 35.0 Å². The average Bonchev–Trinajstić information content (AvgIpc) is 3.33. The van der Waals surface area contributed by atoms with Gasteiger partial charge in [-0.1, -0.05) is 19.1 Å². The van der Waals surface area contributed by atoms with E-state index in [1.165, 1.54) is 12.1 Å². The lowest BCUT2D eigenvalue weighted by atomic mass is 9.89. The molecule has 1 saturated carbocycles. The monoisotopic (exact) mass is 383 g/mol. The summed E-state index contributed by atoms with van der Waals surface area (Å²) in [6.45, 7) is 3.03. The summed E-state index contributed by atoms with van der Waals surface area (Å²) in [6, 6.07) is 4.98. The summed E-state index contributed by atoms with van der Waals surface area (Å²) in [6.07, 6.45) is -1.21. The lowest BCUT2D eigenvalue weighted by Crippen LogP contribution is -2.43. The van der Waals surface area contributed by atoms with Crippen LogP contribution >= 0.6 is 0 Å². The summed E-state index contributed by atoms with van der Waals surface area (Å²) in [7, 11) is 0. The number of carboxylic acid groups (broad SMARTS) is 1. The number of likely N-dealkylation sites (tertiary alicyclic amines) is 1. The van der Waals surface area contributed by atoms with Gasteiger partial charge in [0.2, 0.25) is 5.91 Å². The zero-order chi connectivity index (χ0) is 19.8. The molecular weight excluding hydrogens is 359 g/mol. The summed E-state index contributed by atoms with van der Waals surface area (Å²) in [5, 5.41) is 9.16. The fraction of sp³-hybridized carbons (Fsp3) is 0.600. The van der Waals surface area contributed by atoms with Crippen molar-refractivity contribution in [1.82, 2.24) is 4.90 Å². The molecule has 0 aromatic heterocycles. The maximum atomic E-state index is 12.8. The van der Waals surface area contributed by atoms with E-state index in [1.54, 1.807) is 4.90 Å². The first-order chi connectivity index (χ1) is 12.7. The molecule has 1 aliphatic carbocycles. The molecule has 1 aliphatic heterocycles. The molecule has 1 heterocycles. The quantitative estimate of drug-likeness (QED) is 0.837. The van der Waals surface area contributed by atoms with Crippen LogP contribution < -0.4 is 0 Å². The normalized spacial score (nSPS) is 22.5. The summed E-state index contributed by atoms with van der Waals surface area (Å²) in [5.41, 5.74) is -0.105. The molecule has 27 heavy (non-hydrogen) atoms. The lowest BCUT2D eigenvalue weighted by molar-refractivity contribution is -0.140. The highest BCUT2D eigenvalue weighted by Gasteiger charge is 2.59. The van der Waals surface area contributed by atoms with E-state index >= 15 is 0 Å². The second-order valence-electron chi connectivity index (χ2n) is 7.79. The van der Waals surface area contributed by atoms with Crippen molar-refractivity contribution < 1.29 is 27.9 Å². The first-order valence-corrected chi connectivity index (χ1v) is 9.34. The highest BCUT2D eigenvalue weighted by molar-refractivity contribution is 5.79. The predicted molar refractivity (Wildman–Crippen MR) is 92.9 cm³/mol. The van der Waals surface area contributed by atoms with Crippen LogP contribution in [0.4, 0.5) is 13.2 Å². The Kier molecular flexibility index (Phi) is 5.23. The molecule has 2 fully saturated rings. The van der Waals surface area contributed by atoms with Crippen molar-refractivity contribution in [3.8, 4) is 0 Å². The smallest absolute Gasteiger partial charge is 0.416 e. The molecule has 2 atom stereocenters. The molecule has 4 nitrogen and oxygen atoms in total. The Morgan fingerprint density at radius 1 is 1.22 bits per heavy atom. The third-order valence-electron chi connectivity index (χ3n) is 6.16. The van der Waals surface area contributed by atoms with Gasteiger partial charge in [0.05, 0.1) is 11.5 Å². The van der Waals surface area contributed by atoms with Gasteiger partial charge in [0.1, 0.15) is 0 Å². The van der Waals surface area contributed by atoms with Crippen molar-refractivity contribution in [2.45, 2.75) is 45.2 Å². The van der Waals surface area contributed by atoms with E-state index in [-0.39, 0.29) is 23.2 Å². The lowest BCUT2D eigenvalue weighted by Gasteiger charge is -2.34. The number of nitrogens with zero attached hydrogens (tertiary/aromatic N) is 1. The average molecular weight is 383 g/mol. The topological polar surface area (TPSA) is 57.6 Å². The Morgan fingerprint density at radius 3 is 2.26 bits per heavy atom. The summed E-state index contributed by atoms with van der Waals surface area (Å²) in [4.78, 5) is 25.8. The molecule has 1 aromatic rings. The maximum Gasteiger partial charge on any atom is 0.416 e. The number of piperidine rings is 1. The molecule has 1 N–H and O–H groups in total. The van der Waals surface area contributed by atoms with Gasteiger partial charge in [0, 0.05) is 19.0 Å². The number of carbonyl (C=O) groups is 2. The second-order valence-corrected chi connectivity index (χ2v) is 7.79. The molecule has 2 aliphatic rings. The first-order valence-electron chi connectivity index (χ1n) is 9.34. The minimum absolute atomic E-state index is 0.0137. The highest BCUT2D eigenvalue weighted by atomic mass is 19.4. The molecule has 1 aromatic carbocycles. The number of halogens is 3. The highest BCUT2D eigenvalue weighted by Crippen LogP contribution is 2.59. The Morgan fingerprint density at radius 2 is 1.81 bits per heavy atom. The van der Waals surface area contributed by atoms with Crippen LogP contribution in [0.5, 0.6) is 0 Å². The third-order valence-corrected chi connectivity index (χ3v) is 6.16. The number of alkyl halides is 3. The van der Waals surface area contributed by atoms with Gasteiger partial charge in [-0.3, -0.25) is 9.59 Å². The fourth-order valence-corrected chi connectivity index (χ4v) is 4.20. The zero-order valence-corrected chi connectivity index (χ0v) is 15.3. The van der Waals surface area contributed by atoms with Crippen molar-refractivity contribution in [3.05, 3.63) is 35.4 Å². The van der Waals surface area contributed by atoms with Crippen molar-refractivity contribution in [3.63, 3.8) is 0 Å². The van der Waals surface area contributed by atoms with Gasteiger partial charge in [0.15, 0.2) is 0 Å². The van der Waals surface area contributed by atoms with Crippen LogP contribution in [0.15, 0.2) is 24.3 Å². The molecule has 2 unspecified atom stereocenters. The summed E-state index contributed by atoms with van der Waals surface area (Å²) < 4.78 is 38.0. The maximum absolute atomic E-state index is 12.8. The van der Waals surface area contributed by atoms with Crippen molar-refractivity contribution in [1.29, 1.82) is 0 Å². The van der Waals surface area contributed by atoms with Crippen LogP contribution in [0.25, 0.3) is 0 Å². The number of aliphatic carboxylic acids is 1. The third kappa shape index (κ3) is 4.12. The number of carboxylic acids is 1. The number of benzene rings is 1. The standard InChI is InChI=1S/C20H24F3NO3/c1-2-14(11-13-3-5-15(6-4-13)20(21,22)23)17(25)24-9-7-19(8-10-24)12-16(19)18(26)27/h3-6,14,16H,2,7-12H2,1H3,(H,26,27). The molecule has 3 rings (SSSR count). The van der Waals surface area contributed by atoms with E-state index in [1.807, 2.05) is 6.92 Å². The Balaban J connectivity index is 1.58. The van der Waals surface area contributed by atoms with Gasteiger partial charge < -0.3 is 10.0 Å². The van der Waals surface area contributed by atoms with E-state index in [4.69, 9.17) is 5.11 Å². The molecule has 1 amide bonds. The second kappa shape index (κ2) is 7.17. The van der Waals surface area contributed by atoms with Crippen molar-refractivity contribution in [2.75, 3.05) is 13.1 Å². The van der Waals surface area contributed by atoms with Crippen molar-refractivity contribution >= 4 is 11.9 Å². The van der Waals surface area contributed by atoms with E-state index in [0.29, 0.717) is 50.8 Å². The molecule has 7 heteroatoms. The van der Waals surface area contributed by atoms with Gasteiger partial charge in [-0.05, 0) is 55.2 Å². The Hall–Kier alpha value is -2.05.